The standard InChI is InChI=1S/C13H17FN2OS/c1-15-12-10(3-2-4-11(12)14)13(17)16-7-9-5-6-18-8-9/h2-4,9,15H,5-8H2,1H3,(H,16,17). The summed E-state index contributed by atoms with van der Waals surface area (Å²) in [7, 11) is 1.61. The van der Waals surface area contributed by atoms with Gasteiger partial charge >= 0.3 is 0 Å². The molecule has 1 aromatic rings. The smallest absolute Gasteiger partial charge is 0.253 e. The third kappa shape index (κ3) is 2.96. The fourth-order valence-corrected chi connectivity index (χ4v) is 3.33. The summed E-state index contributed by atoms with van der Waals surface area (Å²) in [6, 6.07) is 4.53. The molecule has 98 valence electrons. The second-order valence-corrected chi connectivity index (χ2v) is 5.50. The van der Waals surface area contributed by atoms with E-state index >= 15 is 0 Å². The summed E-state index contributed by atoms with van der Waals surface area (Å²) in [5.74, 6) is 2.20. The van der Waals surface area contributed by atoms with Crippen LogP contribution in [-0.2, 0) is 0 Å². The number of rotatable bonds is 4. The van der Waals surface area contributed by atoms with Gasteiger partial charge in [-0.15, -0.1) is 0 Å². The number of thioether (sulfide) groups is 1. The summed E-state index contributed by atoms with van der Waals surface area (Å²) in [6.07, 6.45) is 1.15. The summed E-state index contributed by atoms with van der Waals surface area (Å²) in [5, 5.41) is 5.62. The minimum atomic E-state index is -0.401. The van der Waals surface area contributed by atoms with Gasteiger partial charge in [0, 0.05) is 13.6 Å². The number of carbonyl (C=O) groups excluding carboxylic acids is 1. The Bertz CT molecular complexity index is 433. The van der Waals surface area contributed by atoms with Crippen LogP contribution in [0.2, 0.25) is 0 Å². The van der Waals surface area contributed by atoms with Crippen LogP contribution in [0.3, 0.4) is 0 Å². The van der Waals surface area contributed by atoms with E-state index in [1.54, 1.807) is 19.2 Å². The Morgan fingerprint density at radius 3 is 3.06 bits per heavy atom. The van der Waals surface area contributed by atoms with Gasteiger partial charge in [0.05, 0.1) is 11.3 Å². The first kappa shape index (κ1) is 13.2. The molecule has 18 heavy (non-hydrogen) atoms. The van der Waals surface area contributed by atoms with Gasteiger partial charge in [-0.05, 0) is 36.0 Å². The number of benzene rings is 1. The molecule has 1 aromatic carbocycles. The molecule has 1 atom stereocenters. The summed E-state index contributed by atoms with van der Waals surface area (Å²) in [4.78, 5) is 12.0. The monoisotopic (exact) mass is 268 g/mol. The average molecular weight is 268 g/mol. The zero-order valence-electron chi connectivity index (χ0n) is 10.3. The molecule has 0 radical (unpaired) electrons. The first-order valence-corrected chi connectivity index (χ1v) is 7.20. The van der Waals surface area contributed by atoms with E-state index in [1.165, 1.54) is 11.8 Å². The van der Waals surface area contributed by atoms with Gasteiger partial charge in [0.1, 0.15) is 5.82 Å². The summed E-state index contributed by atoms with van der Waals surface area (Å²) in [6.45, 7) is 0.672. The molecule has 0 saturated carbocycles. The fraction of sp³-hybridized carbons (Fsp3) is 0.462. The normalized spacial score (nSPS) is 18.7. The Morgan fingerprint density at radius 2 is 2.39 bits per heavy atom. The molecular formula is C13H17FN2OS. The lowest BCUT2D eigenvalue weighted by Crippen LogP contribution is -2.30. The fourth-order valence-electron chi connectivity index (χ4n) is 2.04. The van der Waals surface area contributed by atoms with Gasteiger partial charge < -0.3 is 10.6 Å². The Labute approximate surface area is 111 Å². The first-order valence-electron chi connectivity index (χ1n) is 6.04. The van der Waals surface area contributed by atoms with E-state index in [2.05, 4.69) is 10.6 Å². The van der Waals surface area contributed by atoms with Crippen LogP contribution < -0.4 is 10.6 Å². The average Bonchev–Trinajstić information content (AvgIpc) is 2.88. The maximum absolute atomic E-state index is 13.5. The molecule has 1 fully saturated rings. The largest absolute Gasteiger partial charge is 0.385 e. The van der Waals surface area contributed by atoms with Gasteiger partial charge in [-0.3, -0.25) is 4.79 Å². The van der Waals surface area contributed by atoms with Crippen molar-refractivity contribution in [3.8, 4) is 0 Å². The zero-order valence-corrected chi connectivity index (χ0v) is 11.1. The molecule has 2 rings (SSSR count). The van der Waals surface area contributed by atoms with Crippen molar-refractivity contribution in [2.24, 2.45) is 5.92 Å². The molecule has 3 nitrogen and oxygen atoms in total. The van der Waals surface area contributed by atoms with E-state index in [-0.39, 0.29) is 11.6 Å². The highest BCUT2D eigenvalue weighted by molar-refractivity contribution is 7.99. The van der Waals surface area contributed by atoms with E-state index in [0.29, 0.717) is 18.0 Å². The van der Waals surface area contributed by atoms with Crippen LogP contribution in [0.15, 0.2) is 18.2 Å². The van der Waals surface area contributed by atoms with Gasteiger partial charge in [-0.1, -0.05) is 6.07 Å². The van der Waals surface area contributed by atoms with Gasteiger partial charge in [0.15, 0.2) is 0 Å². The Morgan fingerprint density at radius 1 is 1.56 bits per heavy atom. The number of halogens is 1. The second-order valence-electron chi connectivity index (χ2n) is 4.35. The van der Waals surface area contributed by atoms with Crippen molar-refractivity contribution < 1.29 is 9.18 Å². The molecule has 1 unspecified atom stereocenters. The zero-order chi connectivity index (χ0) is 13.0. The van der Waals surface area contributed by atoms with Crippen molar-refractivity contribution in [1.29, 1.82) is 0 Å². The van der Waals surface area contributed by atoms with Crippen LogP contribution in [0.25, 0.3) is 0 Å². The maximum atomic E-state index is 13.5. The first-order chi connectivity index (χ1) is 8.72. The van der Waals surface area contributed by atoms with Gasteiger partial charge in [0.2, 0.25) is 0 Å². The van der Waals surface area contributed by atoms with Crippen molar-refractivity contribution in [1.82, 2.24) is 5.32 Å². The van der Waals surface area contributed by atoms with Crippen molar-refractivity contribution in [3.63, 3.8) is 0 Å². The molecule has 1 aliphatic rings. The van der Waals surface area contributed by atoms with Crippen molar-refractivity contribution in [2.45, 2.75) is 6.42 Å². The van der Waals surface area contributed by atoms with Crippen LogP contribution in [-0.4, -0.2) is 31.0 Å². The third-order valence-electron chi connectivity index (χ3n) is 3.08. The highest BCUT2D eigenvalue weighted by atomic mass is 32.2. The molecule has 0 bridgehead atoms. The highest BCUT2D eigenvalue weighted by Crippen LogP contribution is 2.23. The van der Waals surface area contributed by atoms with Crippen molar-refractivity contribution in [3.05, 3.63) is 29.6 Å². The van der Waals surface area contributed by atoms with Crippen molar-refractivity contribution >= 4 is 23.4 Å². The molecule has 5 heteroatoms. The topological polar surface area (TPSA) is 41.1 Å². The lowest BCUT2D eigenvalue weighted by molar-refractivity contribution is 0.0949. The molecule has 2 N–H and O–H groups in total. The lowest BCUT2D eigenvalue weighted by Gasteiger charge is -2.13. The van der Waals surface area contributed by atoms with Crippen LogP contribution in [0.4, 0.5) is 10.1 Å². The van der Waals surface area contributed by atoms with E-state index in [1.807, 2.05) is 11.8 Å². The van der Waals surface area contributed by atoms with Crippen LogP contribution in [0.5, 0.6) is 0 Å². The predicted octanol–water partition coefficient (Wildman–Crippen LogP) is 2.35. The Kier molecular flexibility index (Phi) is 4.47. The number of nitrogens with one attached hydrogen (secondary N) is 2. The highest BCUT2D eigenvalue weighted by Gasteiger charge is 2.18. The van der Waals surface area contributed by atoms with Gasteiger partial charge in [-0.2, -0.15) is 11.8 Å². The molecule has 0 spiro atoms. The third-order valence-corrected chi connectivity index (χ3v) is 4.32. The van der Waals surface area contributed by atoms with Crippen LogP contribution >= 0.6 is 11.8 Å². The molecule has 1 amide bonds. The Balaban J connectivity index is 2.01. The van der Waals surface area contributed by atoms with Gasteiger partial charge in [-0.25, -0.2) is 4.39 Å². The maximum Gasteiger partial charge on any atom is 0.253 e. The Hall–Kier alpha value is -1.23. The van der Waals surface area contributed by atoms with Crippen LogP contribution in [0, 0.1) is 11.7 Å². The number of carbonyl (C=O) groups is 1. The molecule has 1 saturated heterocycles. The number of para-hydroxylation sites is 1. The van der Waals surface area contributed by atoms with E-state index in [9.17, 15) is 9.18 Å². The minimum absolute atomic E-state index is 0.212. The predicted molar refractivity (Wildman–Crippen MR) is 73.7 cm³/mol. The van der Waals surface area contributed by atoms with E-state index in [0.717, 1.165) is 12.2 Å². The number of hydrogen-bond donors (Lipinski definition) is 2. The molecule has 1 heterocycles. The van der Waals surface area contributed by atoms with E-state index < -0.39 is 5.82 Å². The number of hydrogen-bond acceptors (Lipinski definition) is 3. The number of amides is 1. The van der Waals surface area contributed by atoms with Crippen LogP contribution in [0.1, 0.15) is 16.8 Å². The molecule has 0 aromatic heterocycles. The summed E-state index contributed by atoms with van der Waals surface area (Å²) < 4.78 is 13.5. The number of anilines is 1. The molecule has 0 aliphatic carbocycles. The SMILES string of the molecule is CNc1c(F)cccc1C(=O)NCC1CCSC1. The van der Waals surface area contributed by atoms with Gasteiger partial charge in [0.25, 0.3) is 5.91 Å². The second kappa shape index (κ2) is 6.09. The van der Waals surface area contributed by atoms with Crippen molar-refractivity contribution in [2.75, 3.05) is 30.4 Å². The lowest BCUT2D eigenvalue weighted by atomic mass is 10.1. The summed E-state index contributed by atoms with van der Waals surface area (Å²) in [5.41, 5.74) is 0.624. The minimum Gasteiger partial charge on any atom is -0.385 e. The van der Waals surface area contributed by atoms with E-state index in [4.69, 9.17) is 0 Å². The molecule has 1 aliphatic heterocycles. The quantitative estimate of drug-likeness (QED) is 0.880. The molecular weight excluding hydrogens is 251 g/mol. The summed E-state index contributed by atoms with van der Waals surface area (Å²) >= 11 is 1.92.